The summed E-state index contributed by atoms with van der Waals surface area (Å²) in [5, 5.41) is 2.86. The summed E-state index contributed by atoms with van der Waals surface area (Å²) in [7, 11) is -1.29. The van der Waals surface area contributed by atoms with E-state index in [2.05, 4.69) is 16.3 Å². The van der Waals surface area contributed by atoms with Crippen LogP contribution in [0.25, 0.3) is 0 Å². The molecule has 2 amide bonds. The third-order valence-electron chi connectivity index (χ3n) is 5.11. The summed E-state index contributed by atoms with van der Waals surface area (Å²) in [6.07, 6.45) is 1.43. The zero-order valence-electron chi connectivity index (χ0n) is 15.2. The largest absolute Gasteiger partial charge is 0.496 e. The fourth-order valence-electron chi connectivity index (χ4n) is 3.54. The van der Waals surface area contributed by atoms with E-state index in [0.717, 1.165) is 31.8 Å². The minimum atomic E-state index is -2.97. The fraction of sp³-hybridized carbons (Fsp3) is 0.611. The molecule has 7 nitrogen and oxygen atoms in total. The molecule has 2 aliphatic rings. The number of nitrogens with one attached hydrogen (secondary N) is 1. The van der Waals surface area contributed by atoms with E-state index in [-0.39, 0.29) is 23.6 Å². The minimum absolute atomic E-state index is 0.0671. The van der Waals surface area contributed by atoms with Crippen molar-refractivity contribution in [2.24, 2.45) is 0 Å². The third kappa shape index (κ3) is 4.88. The van der Waals surface area contributed by atoms with Gasteiger partial charge in [0.15, 0.2) is 9.84 Å². The van der Waals surface area contributed by atoms with Gasteiger partial charge in [-0.25, -0.2) is 13.2 Å². The van der Waals surface area contributed by atoms with Crippen molar-refractivity contribution >= 4 is 15.9 Å². The van der Waals surface area contributed by atoms with Crippen molar-refractivity contribution in [2.75, 3.05) is 51.3 Å². The smallest absolute Gasteiger partial charge is 0.317 e. The molecule has 1 N–H and O–H groups in total. The molecule has 8 heteroatoms. The summed E-state index contributed by atoms with van der Waals surface area (Å²) >= 11 is 0. The number of hydrogen-bond donors (Lipinski definition) is 1. The lowest BCUT2D eigenvalue weighted by molar-refractivity contribution is 0.138. The first-order chi connectivity index (χ1) is 12.5. The molecule has 1 atom stereocenters. The van der Waals surface area contributed by atoms with Crippen molar-refractivity contribution in [1.82, 2.24) is 15.1 Å². The zero-order valence-corrected chi connectivity index (χ0v) is 16.0. The Morgan fingerprint density at radius 2 is 1.96 bits per heavy atom. The highest BCUT2D eigenvalue weighted by molar-refractivity contribution is 7.91. The van der Waals surface area contributed by atoms with Gasteiger partial charge in [-0.1, -0.05) is 18.2 Å². The predicted molar refractivity (Wildman–Crippen MR) is 100 cm³/mol. The van der Waals surface area contributed by atoms with Crippen molar-refractivity contribution in [3.05, 3.63) is 29.8 Å². The van der Waals surface area contributed by atoms with Gasteiger partial charge >= 0.3 is 6.03 Å². The topological polar surface area (TPSA) is 79.0 Å². The number of para-hydroxylation sites is 1. The molecule has 2 fully saturated rings. The van der Waals surface area contributed by atoms with E-state index < -0.39 is 9.84 Å². The Hall–Kier alpha value is -1.80. The van der Waals surface area contributed by atoms with Crippen molar-refractivity contribution in [3.8, 4) is 5.75 Å². The molecule has 2 heterocycles. The molecule has 0 bridgehead atoms. The maximum absolute atomic E-state index is 12.3. The lowest BCUT2D eigenvalue weighted by Gasteiger charge is -2.35. The zero-order chi connectivity index (χ0) is 18.6. The van der Waals surface area contributed by atoms with Crippen LogP contribution >= 0.6 is 0 Å². The average Bonchev–Trinajstić information content (AvgIpc) is 2.99. The van der Waals surface area contributed by atoms with Crippen LogP contribution in [0.2, 0.25) is 0 Å². The summed E-state index contributed by atoms with van der Waals surface area (Å²) in [5.41, 5.74) is 1.19. The van der Waals surface area contributed by atoms with Crippen LogP contribution in [-0.4, -0.2) is 81.6 Å². The Labute approximate surface area is 155 Å². The highest BCUT2D eigenvalue weighted by Crippen LogP contribution is 2.18. The van der Waals surface area contributed by atoms with E-state index in [4.69, 9.17) is 4.74 Å². The van der Waals surface area contributed by atoms with E-state index in [9.17, 15) is 13.2 Å². The molecule has 144 valence electrons. The molecule has 2 aliphatic heterocycles. The van der Waals surface area contributed by atoms with Gasteiger partial charge in [0.25, 0.3) is 0 Å². The second-order valence-electron chi connectivity index (χ2n) is 6.94. The van der Waals surface area contributed by atoms with Gasteiger partial charge in [-0.05, 0) is 24.5 Å². The molecule has 3 rings (SSSR count). The van der Waals surface area contributed by atoms with Crippen LogP contribution in [0.5, 0.6) is 5.75 Å². The number of hydrogen-bond acceptors (Lipinski definition) is 5. The van der Waals surface area contributed by atoms with Crippen molar-refractivity contribution in [1.29, 1.82) is 0 Å². The Morgan fingerprint density at radius 1 is 1.23 bits per heavy atom. The van der Waals surface area contributed by atoms with Crippen LogP contribution in [0.4, 0.5) is 4.79 Å². The number of urea groups is 1. The molecule has 26 heavy (non-hydrogen) atoms. The number of nitrogens with zero attached hydrogens (tertiary/aromatic N) is 2. The van der Waals surface area contributed by atoms with Gasteiger partial charge in [0.05, 0.1) is 18.6 Å². The Balaban J connectivity index is 1.42. The molecule has 0 saturated carbocycles. The van der Waals surface area contributed by atoms with E-state index >= 15 is 0 Å². The number of carbonyl (C=O) groups excluding carboxylic acids is 1. The van der Waals surface area contributed by atoms with Gasteiger partial charge in [-0.2, -0.15) is 0 Å². The molecule has 2 saturated heterocycles. The van der Waals surface area contributed by atoms with Gasteiger partial charge < -0.3 is 15.0 Å². The van der Waals surface area contributed by atoms with Crippen LogP contribution in [0, 0.1) is 0 Å². The van der Waals surface area contributed by atoms with Gasteiger partial charge in [-0.15, -0.1) is 0 Å². The summed E-state index contributed by atoms with van der Waals surface area (Å²) in [6, 6.07) is 7.66. The van der Waals surface area contributed by atoms with E-state index in [1.807, 2.05) is 18.2 Å². The molecule has 0 aromatic heterocycles. The van der Waals surface area contributed by atoms with Crippen LogP contribution in [0.3, 0.4) is 0 Å². The maximum atomic E-state index is 12.3. The number of piperazine rings is 1. The highest BCUT2D eigenvalue weighted by atomic mass is 32.2. The summed E-state index contributed by atoms with van der Waals surface area (Å²) in [4.78, 5) is 16.4. The average molecular weight is 381 g/mol. The molecule has 1 unspecified atom stereocenters. The Kier molecular flexibility index (Phi) is 6.03. The molecule has 0 radical (unpaired) electrons. The fourth-order valence-corrected chi connectivity index (χ4v) is 5.21. The van der Waals surface area contributed by atoms with E-state index in [1.54, 1.807) is 12.0 Å². The first-order valence-corrected chi connectivity index (χ1v) is 10.9. The molecular weight excluding hydrogens is 354 g/mol. The van der Waals surface area contributed by atoms with E-state index in [0.29, 0.717) is 19.5 Å². The van der Waals surface area contributed by atoms with E-state index in [1.165, 1.54) is 5.56 Å². The number of carbonyl (C=O) groups is 1. The van der Waals surface area contributed by atoms with Crippen LogP contribution in [-0.2, 0) is 16.3 Å². The lowest BCUT2D eigenvalue weighted by atomic mass is 10.1. The Bertz CT molecular complexity index is 730. The molecule has 1 aromatic carbocycles. The first kappa shape index (κ1) is 19.0. The minimum Gasteiger partial charge on any atom is -0.496 e. The summed E-state index contributed by atoms with van der Waals surface area (Å²) in [5.74, 6) is 1.16. The monoisotopic (exact) mass is 381 g/mol. The molecule has 0 aliphatic carbocycles. The predicted octanol–water partition coefficient (Wildman–Crippen LogP) is 0.752. The first-order valence-electron chi connectivity index (χ1n) is 9.07. The van der Waals surface area contributed by atoms with Crippen molar-refractivity contribution in [3.63, 3.8) is 0 Å². The van der Waals surface area contributed by atoms with Gasteiger partial charge in [0.1, 0.15) is 5.75 Å². The SMILES string of the molecule is COc1ccccc1CCN1CCN(C(=O)NC2CCS(=O)(=O)C2)CC1. The third-order valence-corrected chi connectivity index (χ3v) is 6.88. The normalized spacial score (nSPS) is 23.0. The second kappa shape index (κ2) is 8.26. The molecular formula is C18H27N3O4S. The number of benzene rings is 1. The standard InChI is InChI=1S/C18H27N3O4S/c1-25-17-5-3-2-4-15(17)6-8-20-9-11-21(12-10-20)18(22)19-16-7-13-26(23,24)14-16/h2-5,16H,6-14H2,1H3,(H,19,22). The van der Waals surface area contributed by atoms with Crippen LogP contribution in [0.1, 0.15) is 12.0 Å². The van der Waals surface area contributed by atoms with Crippen molar-refractivity contribution < 1.29 is 17.9 Å². The van der Waals surface area contributed by atoms with Gasteiger partial charge in [0, 0.05) is 38.8 Å². The number of ether oxygens (including phenoxy) is 1. The summed E-state index contributed by atoms with van der Waals surface area (Å²) in [6.45, 7) is 3.90. The quantitative estimate of drug-likeness (QED) is 0.814. The molecule has 1 aromatic rings. The number of methoxy groups -OCH3 is 1. The summed E-state index contributed by atoms with van der Waals surface area (Å²) < 4.78 is 28.4. The maximum Gasteiger partial charge on any atom is 0.317 e. The van der Waals surface area contributed by atoms with Crippen LogP contribution < -0.4 is 10.1 Å². The number of rotatable bonds is 5. The Morgan fingerprint density at radius 3 is 2.62 bits per heavy atom. The van der Waals surface area contributed by atoms with Gasteiger partial charge in [0.2, 0.25) is 0 Å². The molecule has 0 spiro atoms. The van der Waals surface area contributed by atoms with Crippen molar-refractivity contribution in [2.45, 2.75) is 18.9 Å². The number of amides is 2. The van der Waals surface area contributed by atoms with Crippen LogP contribution in [0.15, 0.2) is 24.3 Å². The second-order valence-corrected chi connectivity index (χ2v) is 9.17. The van der Waals surface area contributed by atoms with Gasteiger partial charge in [-0.3, -0.25) is 4.90 Å². The highest BCUT2D eigenvalue weighted by Gasteiger charge is 2.30. The number of sulfone groups is 1. The lowest BCUT2D eigenvalue weighted by Crippen LogP contribution is -2.53.